The van der Waals surface area contributed by atoms with Crippen molar-refractivity contribution in [2.45, 2.75) is 12.6 Å². The first-order chi connectivity index (χ1) is 11.6. The van der Waals surface area contributed by atoms with Crippen LogP contribution in [0, 0.1) is 11.2 Å². The Kier molecular flexibility index (Phi) is 5.91. The van der Waals surface area contributed by atoms with Crippen molar-refractivity contribution in [3.63, 3.8) is 0 Å². The Bertz CT molecular complexity index is 806. The van der Waals surface area contributed by atoms with Gasteiger partial charge >= 0.3 is 6.18 Å². The van der Waals surface area contributed by atoms with Crippen LogP contribution in [0.3, 0.4) is 0 Å². The second-order valence-corrected chi connectivity index (χ2v) is 5.49. The van der Waals surface area contributed by atoms with Gasteiger partial charge in [-0.05, 0) is 6.08 Å². The molecule has 0 saturated carbocycles. The standard InChI is InChI=1S/C14H9Cl2F4N5/c15-7-4-22-12(23-5-7)3-8(2-11(21)14(18,19)20)25-9-1-10(17)13(16)24-6-9/h1-2,4-6,21,25H,3H2/b8-2-,21-11?. The first-order valence-corrected chi connectivity index (χ1v) is 7.31. The lowest BCUT2D eigenvalue weighted by Gasteiger charge is -2.12. The molecule has 0 aliphatic heterocycles. The third-order valence-corrected chi connectivity index (χ3v) is 3.22. The Hall–Kier alpha value is -2.26. The normalized spacial score (nSPS) is 12.2. The van der Waals surface area contributed by atoms with Crippen LogP contribution in [0.5, 0.6) is 0 Å². The molecule has 0 aliphatic rings. The first kappa shape index (κ1) is 19.1. The van der Waals surface area contributed by atoms with E-state index in [0.717, 1.165) is 12.3 Å². The molecule has 5 nitrogen and oxygen atoms in total. The van der Waals surface area contributed by atoms with Crippen molar-refractivity contribution in [2.75, 3.05) is 5.32 Å². The zero-order valence-electron chi connectivity index (χ0n) is 12.2. The lowest BCUT2D eigenvalue weighted by molar-refractivity contribution is -0.0584. The number of pyridine rings is 1. The Morgan fingerprint density at radius 2 is 1.80 bits per heavy atom. The molecule has 0 saturated heterocycles. The van der Waals surface area contributed by atoms with E-state index in [-0.39, 0.29) is 33.8 Å². The van der Waals surface area contributed by atoms with E-state index in [4.69, 9.17) is 28.6 Å². The van der Waals surface area contributed by atoms with Crippen molar-refractivity contribution in [3.8, 4) is 0 Å². The van der Waals surface area contributed by atoms with Gasteiger partial charge in [-0.15, -0.1) is 0 Å². The van der Waals surface area contributed by atoms with E-state index < -0.39 is 17.7 Å². The fourth-order valence-corrected chi connectivity index (χ4v) is 1.86. The van der Waals surface area contributed by atoms with Crippen molar-refractivity contribution >= 4 is 34.6 Å². The average Bonchev–Trinajstić information content (AvgIpc) is 2.52. The molecule has 0 radical (unpaired) electrons. The van der Waals surface area contributed by atoms with Gasteiger partial charge < -0.3 is 5.32 Å². The summed E-state index contributed by atoms with van der Waals surface area (Å²) in [6.07, 6.45) is -0.763. The van der Waals surface area contributed by atoms with E-state index in [0.29, 0.717) is 6.08 Å². The van der Waals surface area contributed by atoms with Crippen LogP contribution >= 0.6 is 23.2 Å². The average molecular weight is 394 g/mol. The van der Waals surface area contributed by atoms with Crippen LogP contribution in [0.2, 0.25) is 10.2 Å². The van der Waals surface area contributed by atoms with Crippen molar-refractivity contribution in [1.29, 1.82) is 5.41 Å². The summed E-state index contributed by atoms with van der Waals surface area (Å²) in [4.78, 5) is 11.3. The van der Waals surface area contributed by atoms with Crippen molar-refractivity contribution in [2.24, 2.45) is 0 Å². The molecule has 0 aliphatic carbocycles. The SMILES string of the molecule is N=C(/C=C(/Cc1ncc(Cl)cn1)Nc1cnc(Cl)c(F)c1)C(F)(F)F. The second-order valence-electron chi connectivity index (χ2n) is 4.70. The van der Waals surface area contributed by atoms with E-state index in [9.17, 15) is 17.6 Å². The molecule has 132 valence electrons. The summed E-state index contributed by atoms with van der Waals surface area (Å²) in [7, 11) is 0. The van der Waals surface area contributed by atoms with Gasteiger partial charge in [0.2, 0.25) is 0 Å². The van der Waals surface area contributed by atoms with Gasteiger partial charge in [-0.3, -0.25) is 5.41 Å². The zero-order chi connectivity index (χ0) is 18.6. The maximum atomic E-state index is 13.4. The molecule has 0 bridgehead atoms. The third-order valence-electron chi connectivity index (χ3n) is 2.75. The minimum atomic E-state index is -4.84. The Morgan fingerprint density at radius 1 is 1.16 bits per heavy atom. The summed E-state index contributed by atoms with van der Waals surface area (Å²) < 4.78 is 51.3. The van der Waals surface area contributed by atoms with Gasteiger partial charge in [0.1, 0.15) is 11.5 Å². The molecule has 0 aromatic carbocycles. The number of nitrogens with one attached hydrogen (secondary N) is 2. The topological polar surface area (TPSA) is 74.6 Å². The van der Waals surface area contributed by atoms with E-state index >= 15 is 0 Å². The molecule has 0 spiro atoms. The molecule has 25 heavy (non-hydrogen) atoms. The molecule has 0 fully saturated rings. The maximum Gasteiger partial charge on any atom is 0.432 e. The molecule has 2 rings (SSSR count). The maximum absolute atomic E-state index is 13.4. The summed E-state index contributed by atoms with van der Waals surface area (Å²) in [5.41, 5.74) is -1.63. The summed E-state index contributed by atoms with van der Waals surface area (Å²) in [6, 6.07) is 0.961. The number of nitrogens with zero attached hydrogens (tertiary/aromatic N) is 3. The lowest BCUT2D eigenvalue weighted by Crippen LogP contribution is -2.21. The highest BCUT2D eigenvalue weighted by Gasteiger charge is 2.33. The van der Waals surface area contributed by atoms with Gasteiger partial charge in [0, 0.05) is 30.6 Å². The highest BCUT2D eigenvalue weighted by Crippen LogP contribution is 2.21. The minimum Gasteiger partial charge on any atom is -0.357 e. The Morgan fingerprint density at radius 3 is 2.36 bits per heavy atom. The number of allylic oxidation sites excluding steroid dienone is 2. The largest absolute Gasteiger partial charge is 0.432 e. The second kappa shape index (κ2) is 7.75. The van der Waals surface area contributed by atoms with Gasteiger partial charge in [0.15, 0.2) is 11.0 Å². The van der Waals surface area contributed by atoms with E-state index in [1.165, 1.54) is 12.4 Å². The van der Waals surface area contributed by atoms with Gasteiger partial charge in [0.25, 0.3) is 0 Å². The van der Waals surface area contributed by atoms with Crippen LogP contribution in [0.4, 0.5) is 23.2 Å². The Balaban J connectivity index is 2.30. The fourth-order valence-electron chi connectivity index (χ4n) is 1.66. The van der Waals surface area contributed by atoms with Crippen molar-refractivity contribution in [1.82, 2.24) is 15.0 Å². The van der Waals surface area contributed by atoms with Crippen LogP contribution in [0.15, 0.2) is 36.4 Å². The molecule has 2 aromatic rings. The predicted molar refractivity (Wildman–Crippen MR) is 85.4 cm³/mol. The number of anilines is 1. The van der Waals surface area contributed by atoms with E-state index in [2.05, 4.69) is 20.3 Å². The van der Waals surface area contributed by atoms with E-state index in [1.807, 2.05) is 0 Å². The highest BCUT2D eigenvalue weighted by molar-refractivity contribution is 6.30. The van der Waals surface area contributed by atoms with Gasteiger partial charge in [-0.25, -0.2) is 19.3 Å². The highest BCUT2D eigenvalue weighted by atomic mass is 35.5. The zero-order valence-corrected chi connectivity index (χ0v) is 13.7. The van der Waals surface area contributed by atoms with Crippen LogP contribution in [-0.2, 0) is 6.42 Å². The number of hydrogen-bond donors (Lipinski definition) is 2. The van der Waals surface area contributed by atoms with E-state index in [1.54, 1.807) is 0 Å². The molecule has 11 heteroatoms. The van der Waals surface area contributed by atoms with Gasteiger partial charge in [-0.2, -0.15) is 13.2 Å². The molecule has 0 unspecified atom stereocenters. The molecule has 0 atom stereocenters. The predicted octanol–water partition coefficient (Wildman–Crippen LogP) is 4.44. The number of hydrogen-bond acceptors (Lipinski definition) is 5. The molecule has 2 heterocycles. The third kappa shape index (κ3) is 5.64. The molecule has 2 aromatic heterocycles. The number of alkyl halides is 3. The summed E-state index contributed by atoms with van der Waals surface area (Å²) in [6.45, 7) is 0. The van der Waals surface area contributed by atoms with Crippen LogP contribution in [0.1, 0.15) is 5.82 Å². The summed E-state index contributed by atoms with van der Waals surface area (Å²) in [5, 5.41) is 9.54. The lowest BCUT2D eigenvalue weighted by atomic mass is 10.2. The fraction of sp³-hybridized carbons (Fsp3) is 0.143. The quantitative estimate of drug-likeness (QED) is 0.447. The summed E-state index contributed by atoms with van der Waals surface area (Å²) in [5.74, 6) is -0.694. The number of aromatic nitrogens is 3. The van der Waals surface area contributed by atoms with Crippen LogP contribution in [0.25, 0.3) is 0 Å². The molecule has 0 amide bonds. The number of halogens is 6. The van der Waals surface area contributed by atoms with Crippen LogP contribution in [-0.4, -0.2) is 26.8 Å². The minimum absolute atomic E-state index is 0.0529. The first-order valence-electron chi connectivity index (χ1n) is 6.56. The molecule has 2 N–H and O–H groups in total. The number of rotatable bonds is 5. The van der Waals surface area contributed by atoms with Gasteiger partial charge in [0.05, 0.1) is 16.9 Å². The smallest absolute Gasteiger partial charge is 0.357 e. The Labute approximate surface area is 149 Å². The van der Waals surface area contributed by atoms with Gasteiger partial charge in [-0.1, -0.05) is 23.2 Å². The van der Waals surface area contributed by atoms with Crippen LogP contribution < -0.4 is 5.32 Å². The molecular formula is C14H9Cl2F4N5. The monoisotopic (exact) mass is 393 g/mol. The molecular weight excluding hydrogens is 385 g/mol. The summed E-state index contributed by atoms with van der Waals surface area (Å²) >= 11 is 11.1. The van der Waals surface area contributed by atoms with Crippen molar-refractivity contribution < 1.29 is 17.6 Å². The van der Waals surface area contributed by atoms with Crippen molar-refractivity contribution in [3.05, 3.63) is 58.2 Å².